The molecule has 0 saturated carbocycles. The molecule has 25 heavy (non-hydrogen) atoms. The highest BCUT2D eigenvalue weighted by molar-refractivity contribution is 5.96. The summed E-state index contributed by atoms with van der Waals surface area (Å²) in [4.78, 5) is 25.0. The van der Waals surface area contributed by atoms with Crippen molar-refractivity contribution in [2.45, 2.75) is 32.9 Å². The third kappa shape index (κ3) is 5.12. The van der Waals surface area contributed by atoms with Crippen LogP contribution in [0.4, 0.5) is 5.69 Å². The second-order valence-corrected chi connectivity index (χ2v) is 6.72. The average molecular weight is 342 g/mol. The Morgan fingerprint density at radius 3 is 2.40 bits per heavy atom. The van der Waals surface area contributed by atoms with Gasteiger partial charge in [0.15, 0.2) is 0 Å². The predicted molar refractivity (Wildman–Crippen MR) is 95.3 cm³/mol. The highest BCUT2D eigenvalue weighted by atomic mass is 16.6. The molecule has 0 saturated heterocycles. The molecule has 6 nitrogen and oxygen atoms in total. The quantitative estimate of drug-likeness (QED) is 0.645. The molecule has 0 heterocycles. The lowest BCUT2D eigenvalue weighted by Gasteiger charge is -2.29. The SMILES string of the molecule is Cc1ccc([N+](=O)[O-])cc1C(=O)N(Cc1ccccc1)CC(C)(C)O. The number of rotatable bonds is 6. The van der Waals surface area contributed by atoms with Gasteiger partial charge in [-0.25, -0.2) is 0 Å². The number of benzene rings is 2. The summed E-state index contributed by atoms with van der Waals surface area (Å²) in [6, 6.07) is 13.7. The van der Waals surface area contributed by atoms with Gasteiger partial charge in [-0.1, -0.05) is 36.4 Å². The van der Waals surface area contributed by atoms with Crippen LogP contribution in [0.1, 0.15) is 35.3 Å². The number of amides is 1. The third-order valence-electron chi connectivity index (χ3n) is 3.74. The van der Waals surface area contributed by atoms with Crippen LogP contribution in [0.3, 0.4) is 0 Å². The van der Waals surface area contributed by atoms with Crippen molar-refractivity contribution in [3.8, 4) is 0 Å². The van der Waals surface area contributed by atoms with Crippen LogP contribution in [0.2, 0.25) is 0 Å². The molecule has 2 aromatic rings. The smallest absolute Gasteiger partial charge is 0.270 e. The summed E-state index contributed by atoms with van der Waals surface area (Å²) in [5.41, 5.74) is 0.637. The van der Waals surface area contributed by atoms with Gasteiger partial charge in [-0.05, 0) is 31.9 Å². The van der Waals surface area contributed by atoms with Gasteiger partial charge in [0, 0.05) is 30.8 Å². The molecule has 0 fully saturated rings. The van der Waals surface area contributed by atoms with E-state index in [1.165, 1.54) is 17.0 Å². The van der Waals surface area contributed by atoms with E-state index in [-0.39, 0.29) is 23.7 Å². The number of nitro benzene ring substituents is 1. The zero-order chi connectivity index (χ0) is 18.6. The van der Waals surface area contributed by atoms with E-state index in [9.17, 15) is 20.0 Å². The Morgan fingerprint density at radius 1 is 1.20 bits per heavy atom. The van der Waals surface area contributed by atoms with Crippen molar-refractivity contribution in [2.75, 3.05) is 6.54 Å². The predicted octanol–water partition coefficient (Wildman–Crippen LogP) is 3.32. The van der Waals surface area contributed by atoms with E-state index in [1.54, 1.807) is 26.8 Å². The molecule has 132 valence electrons. The number of non-ortho nitro benzene ring substituents is 1. The lowest BCUT2D eigenvalue weighted by atomic mass is 10.0. The zero-order valence-corrected chi connectivity index (χ0v) is 14.6. The summed E-state index contributed by atoms with van der Waals surface area (Å²) in [5.74, 6) is -0.341. The van der Waals surface area contributed by atoms with Gasteiger partial charge in [-0.3, -0.25) is 14.9 Å². The molecule has 6 heteroatoms. The summed E-state index contributed by atoms with van der Waals surface area (Å²) in [5, 5.41) is 21.2. The standard InChI is InChI=1S/C19H22N2O4/c1-14-9-10-16(21(24)25)11-17(14)18(22)20(13-19(2,3)23)12-15-7-5-4-6-8-15/h4-11,23H,12-13H2,1-3H3. The number of aliphatic hydroxyl groups is 1. The van der Waals surface area contributed by atoms with E-state index in [1.807, 2.05) is 30.3 Å². The Kier molecular flexibility index (Phi) is 5.54. The first-order valence-corrected chi connectivity index (χ1v) is 7.98. The van der Waals surface area contributed by atoms with Gasteiger partial charge in [-0.15, -0.1) is 0 Å². The molecule has 0 unspecified atom stereocenters. The number of hydrogen-bond donors (Lipinski definition) is 1. The van der Waals surface area contributed by atoms with Gasteiger partial charge in [0.05, 0.1) is 10.5 Å². The van der Waals surface area contributed by atoms with E-state index in [2.05, 4.69) is 0 Å². The molecule has 0 bridgehead atoms. The highest BCUT2D eigenvalue weighted by Crippen LogP contribution is 2.21. The van der Waals surface area contributed by atoms with Crippen LogP contribution in [0.5, 0.6) is 0 Å². The van der Waals surface area contributed by atoms with Crippen LogP contribution in [0, 0.1) is 17.0 Å². The lowest BCUT2D eigenvalue weighted by Crippen LogP contribution is -2.42. The molecule has 0 radical (unpaired) electrons. The summed E-state index contributed by atoms with van der Waals surface area (Å²) >= 11 is 0. The van der Waals surface area contributed by atoms with E-state index in [0.29, 0.717) is 12.1 Å². The second-order valence-electron chi connectivity index (χ2n) is 6.72. The van der Waals surface area contributed by atoms with Gasteiger partial charge in [0.2, 0.25) is 0 Å². The van der Waals surface area contributed by atoms with Crippen molar-refractivity contribution in [3.63, 3.8) is 0 Å². The first kappa shape index (κ1) is 18.6. The van der Waals surface area contributed by atoms with Crippen LogP contribution >= 0.6 is 0 Å². The Balaban J connectivity index is 2.38. The van der Waals surface area contributed by atoms with Crippen LogP contribution in [0.15, 0.2) is 48.5 Å². The highest BCUT2D eigenvalue weighted by Gasteiger charge is 2.25. The summed E-state index contributed by atoms with van der Waals surface area (Å²) in [6.07, 6.45) is 0. The molecular formula is C19H22N2O4. The Hall–Kier alpha value is -2.73. The molecule has 0 aliphatic rings. The number of carbonyl (C=O) groups is 1. The van der Waals surface area contributed by atoms with Crippen molar-refractivity contribution in [1.29, 1.82) is 0 Å². The van der Waals surface area contributed by atoms with E-state index < -0.39 is 10.5 Å². The van der Waals surface area contributed by atoms with E-state index >= 15 is 0 Å². The Bertz CT molecular complexity index is 767. The fourth-order valence-corrected chi connectivity index (χ4v) is 2.59. The first-order chi connectivity index (χ1) is 11.7. The normalized spacial score (nSPS) is 11.2. The van der Waals surface area contributed by atoms with Crippen LogP contribution in [-0.4, -0.2) is 33.0 Å². The monoisotopic (exact) mass is 342 g/mol. The molecule has 2 rings (SSSR count). The number of hydrogen-bond acceptors (Lipinski definition) is 4. The van der Waals surface area contributed by atoms with Gasteiger partial charge in [-0.2, -0.15) is 0 Å². The summed E-state index contributed by atoms with van der Waals surface area (Å²) < 4.78 is 0. The van der Waals surface area contributed by atoms with Crippen LogP contribution < -0.4 is 0 Å². The molecule has 1 N–H and O–H groups in total. The number of carbonyl (C=O) groups excluding carboxylic acids is 1. The first-order valence-electron chi connectivity index (χ1n) is 7.98. The van der Waals surface area contributed by atoms with Gasteiger partial charge in [0.25, 0.3) is 11.6 Å². The third-order valence-corrected chi connectivity index (χ3v) is 3.74. The fourth-order valence-electron chi connectivity index (χ4n) is 2.59. The molecular weight excluding hydrogens is 320 g/mol. The van der Waals surface area contributed by atoms with Gasteiger partial charge < -0.3 is 10.0 Å². The Morgan fingerprint density at radius 2 is 1.84 bits per heavy atom. The fraction of sp³-hybridized carbons (Fsp3) is 0.316. The zero-order valence-electron chi connectivity index (χ0n) is 14.6. The summed E-state index contributed by atoms with van der Waals surface area (Å²) in [7, 11) is 0. The van der Waals surface area contributed by atoms with E-state index in [0.717, 1.165) is 5.56 Å². The van der Waals surface area contributed by atoms with Crippen molar-refractivity contribution in [1.82, 2.24) is 4.90 Å². The molecule has 0 atom stereocenters. The molecule has 0 aliphatic carbocycles. The number of nitrogens with zero attached hydrogens (tertiary/aromatic N) is 2. The maximum Gasteiger partial charge on any atom is 0.270 e. The molecule has 0 aliphatic heterocycles. The van der Waals surface area contributed by atoms with Crippen LogP contribution in [0.25, 0.3) is 0 Å². The minimum atomic E-state index is -1.08. The van der Waals surface area contributed by atoms with Crippen molar-refractivity contribution >= 4 is 11.6 Å². The van der Waals surface area contributed by atoms with E-state index in [4.69, 9.17) is 0 Å². The summed E-state index contributed by atoms with van der Waals surface area (Å²) in [6.45, 7) is 5.41. The van der Waals surface area contributed by atoms with Gasteiger partial charge in [0.1, 0.15) is 0 Å². The minimum absolute atomic E-state index is 0.114. The topological polar surface area (TPSA) is 83.7 Å². The van der Waals surface area contributed by atoms with Crippen molar-refractivity contribution in [2.24, 2.45) is 0 Å². The molecule has 2 aromatic carbocycles. The molecule has 1 amide bonds. The maximum atomic E-state index is 13.0. The number of aryl methyl sites for hydroxylation is 1. The van der Waals surface area contributed by atoms with Gasteiger partial charge >= 0.3 is 0 Å². The lowest BCUT2D eigenvalue weighted by molar-refractivity contribution is -0.384. The largest absolute Gasteiger partial charge is 0.389 e. The van der Waals surface area contributed by atoms with Crippen molar-refractivity contribution in [3.05, 3.63) is 75.3 Å². The minimum Gasteiger partial charge on any atom is -0.389 e. The van der Waals surface area contributed by atoms with Crippen molar-refractivity contribution < 1.29 is 14.8 Å². The average Bonchev–Trinajstić information content (AvgIpc) is 2.53. The Labute approximate surface area is 146 Å². The molecule has 0 aromatic heterocycles. The van der Waals surface area contributed by atoms with Crippen LogP contribution in [-0.2, 0) is 6.54 Å². The second kappa shape index (κ2) is 7.44. The number of nitro groups is 1. The molecule has 0 spiro atoms. The maximum absolute atomic E-state index is 13.0.